The van der Waals surface area contributed by atoms with Gasteiger partial charge in [0.05, 0.1) is 0 Å². The smallest absolute Gasteiger partial charge is 0.272 e. The second-order valence-electron chi connectivity index (χ2n) is 5.76. The molecule has 0 saturated heterocycles. The average molecular weight is 341 g/mol. The molecule has 0 unspecified atom stereocenters. The van der Waals surface area contributed by atoms with E-state index in [1.165, 1.54) is 23.9 Å². The molecule has 22 heavy (non-hydrogen) atoms. The monoisotopic (exact) mass is 340 g/mol. The van der Waals surface area contributed by atoms with E-state index in [1.807, 2.05) is 6.07 Å². The van der Waals surface area contributed by atoms with Gasteiger partial charge < -0.3 is 0 Å². The summed E-state index contributed by atoms with van der Waals surface area (Å²) in [5.41, 5.74) is 0.485. The number of imide groups is 1. The number of nitrogens with one attached hydrogen (secondary N) is 1. The largest absolute Gasteiger partial charge is 0.344 e. The van der Waals surface area contributed by atoms with E-state index in [1.54, 1.807) is 28.0 Å². The lowest BCUT2D eigenvalue weighted by Crippen LogP contribution is -2.37. The van der Waals surface area contributed by atoms with Crippen molar-refractivity contribution in [1.29, 1.82) is 0 Å². The SMILES string of the molecule is CC(C)CSN(SCC(C)C)C(=O)NC(=O)c1ccccc1. The fourth-order valence-corrected chi connectivity index (χ4v) is 3.25. The van der Waals surface area contributed by atoms with Gasteiger partial charge in [-0.3, -0.25) is 10.1 Å². The van der Waals surface area contributed by atoms with E-state index in [0.29, 0.717) is 17.4 Å². The molecule has 1 rings (SSSR count). The minimum absolute atomic E-state index is 0.370. The third-order valence-electron chi connectivity index (χ3n) is 2.47. The number of hydrogen-bond donors (Lipinski definition) is 1. The van der Waals surface area contributed by atoms with Gasteiger partial charge in [0.2, 0.25) is 0 Å². The van der Waals surface area contributed by atoms with Crippen LogP contribution < -0.4 is 5.32 Å². The van der Waals surface area contributed by atoms with E-state index in [-0.39, 0.29) is 11.9 Å². The van der Waals surface area contributed by atoms with Gasteiger partial charge in [0.1, 0.15) is 0 Å². The molecule has 0 saturated carbocycles. The molecule has 1 aromatic carbocycles. The number of urea groups is 1. The Bertz CT molecular complexity index is 466. The van der Waals surface area contributed by atoms with E-state index in [9.17, 15) is 9.59 Å². The van der Waals surface area contributed by atoms with Crippen molar-refractivity contribution in [1.82, 2.24) is 9.03 Å². The molecule has 0 atom stereocenters. The van der Waals surface area contributed by atoms with Crippen molar-refractivity contribution in [3.63, 3.8) is 0 Å². The van der Waals surface area contributed by atoms with Crippen LogP contribution in [0.1, 0.15) is 38.1 Å². The van der Waals surface area contributed by atoms with Gasteiger partial charge in [-0.15, -0.1) is 0 Å². The number of benzene rings is 1. The standard InChI is InChI=1S/C16H24N2O2S2/c1-12(2)10-21-18(22-11-13(3)4)16(20)17-15(19)14-8-6-5-7-9-14/h5-9,12-13H,10-11H2,1-4H3,(H,17,19,20). The molecule has 1 N–H and O–H groups in total. The number of hydrogen-bond acceptors (Lipinski definition) is 4. The van der Waals surface area contributed by atoms with E-state index in [0.717, 1.165) is 11.5 Å². The Balaban J connectivity index is 2.63. The third kappa shape index (κ3) is 7.22. The third-order valence-corrected chi connectivity index (χ3v) is 5.54. The summed E-state index contributed by atoms with van der Waals surface area (Å²) in [5.74, 6) is 2.25. The Labute approximate surface area is 141 Å². The molecular formula is C16H24N2O2S2. The van der Waals surface area contributed by atoms with Crippen LogP contribution >= 0.6 is 23.9 Å². The van der Waals surface area contributed by atoms with Gasteiger partial charge in [-0.1, -0.05) is 45.9 Å². The Morgan fingerprint density at radius 3 is 1.95 bits per heavy atom. The summed E-state index contributed by atoms with van der Waals surface area (Å²) in [4.78, 5) is 24.4. The predicted octanol–water partition coefficient (Wildman–Crippen LogP) is 4.45. The molecule has 3 amide bonds. The Morgan fingerprint density at radius 2 is 1.50 bits per heavy atom. The van der Waals surface area contributed by atoms with Crippen LogP contribution in [0.4, 0.5) is 4.79 Å². The van der Waals surface area contributed by atoms with Crippen LogP contribution in [0.2, 0.25) is 0 Å². The first-order valence-corrected chi connectivity index (χ1v) is 9.25. The molecule has 0 aliphatic carbocycles. The lowest BCUT2D eigenvalue weighted by Gasteiger charge is -2.21. The molecule has 0 spiro atoms. The molecule has 1 aromatic rings. The minimum Gasteiger partial charge on any atom is -0.272 e. The molecule has 6 heteroatoms. The van der Waals surface area contributed by atoms with Crippen molar-refractivity contribution < 1.29 is 9.59 Å². The second-order valence-corrected chi connectivity index (χ2v) is 7.91. The molecule has 0 aliphatic heterocycles. The van der Waals surface area contributed by atoms with Crippen molar-refractivity contribution in [3.05, 3.63) is 35.9 Å². The first-order chi connectivity index (χ1) is 10.4. The molecule has 0 heterocycles. The zero-order valence-electron chi connectivity index (χ0n) is 13.5. The topological polar surface area (TPSA) is 49.4 Å². The predicted molar refractivity (Wildman–Crippen MR) is 95.7 cm³/mol. The molecule has 0 aromatic heterocycles. The number of carbonyl (C=O) groups is 2. The van der Waals surface area contributed by atoms with Crippen LogP contribution in [0, 0.1) is 11.8 Å². The minimum atomic E-state index is -0.370. The second kappa shape index (κ2) is 9.79. The van der Waals surface area contributed by atoms with E-state index >= 15 is 0 Å². The lowest BCUT2D eigenvalue weighted by molar-refractivity contribution is 0.0963. The van der Waals surface area contributed by atoms with Crippen molar-refractivity contribution in [2.75, 3.05) is 11.5 Å². The average Bonchev–Trinajstić information content (AvgIpc) is 2.47. The maximum absolute atomic E-state index is 12.3. The molecule has 0 bridgehead atoms. The van der Waals surface area contributed by atoms with Gasteiger partial charge in [0.25, 0.3) is 5.91 Å². The van der Waals surface area contributed by atoms with Gasteiger partial charge in [0, 0.05) is 17.1 Å². The van der Waals surface area contributed by atoms with Crippen molar-refractivity contribution in [3.8, 4) is 0 Å². The van der Waals surface area contributed by atoms with Crippen LogP contribution in [0.25, 0.3) is 0 Å². The highest BCUT2D eigenvalue weighted by Gasteiger charge is 2.19. The number of carbonyl (C=O) groups excluding carboxylic acids is 2. The van der Waals surface area contributed by atoms with Gasteiger partial charge in [-0.05, 0) is 47.9 Å². The van der Waals surface area contributed by atoms with Crippen LogP contribution in [0.3, 0.4) is 0 Å². The summed E-state index contributed by atoms with van der Waals surface area (Å²) >= 11 is 2.90. The lowest BCUT2D eigenvalue weighted by atomic mass is 10.2. The molecule has 0 fully saturated rings. The van der Waals surface area contributed by atoms with Crippen LogP contribution in [0.15, 0.2) is 30.3 Å². The highest BCUT2D eigenvalue weighted by molar-refractivity contribution is 8.12. The summed E-state index contributed by atoms with van der Waals surface area (Å²) in [7, 11) is 0. The number of amides is 3. The van der Waals surface area contributed by atoms with E-state index < -0.39 is 0 Å². The Morgan fingerprint density at radius 1 is 1.00 bits per heavy atom. The Kier molecular flexibility index (Phi) is 8.42. The Hall–Kier alpha value is -1.14. The molecular weight excluding hydrogens is 316 g/mol. The van der Waals surface area contributed by atoms with E-state index in [4.69, 9.17) is 0 Å². The van der Waals surface area contributed by atoms with Crippen molar-refractivity contribution in [2.24, 2.45) is 11.8 Å². The van der Waals surface area contributed by atoms with Gasteiger partial charge >= 0.3 is 6.03 Å². The van der Waals surface area contributed by atoms with Crippen molar-refractivity contribution >= 4 is 35.8 Å². The van der Waals surface area contributed by atoms with Gasteiger partial charge in [-0.25, -0.2) is 8.51 Å². The summed E-state index contributed by atoms with van der Waals surface area (Å²) in [6.07, 6.45) is 0. The molecule has 122 valence electrons. The summed E-state index contributed by atoms with van der Waals surface area (Å²) in [6.45, 7) is 8.41. The van der Waals surface area contributed by atoms with Crippen LogP contribution in [-0.4, -0.2) is 27.2 Å². The van der Waals surface area contributed by atoms with E-state index in [2.05, 4.69) is 33.0 Å². The van der Waals surface area contributed by atoms with Crippen molar-refractivity contribution in [2.45, 2.75) is 27.7 Å². The molecule has 0 radical (unpaired) electrons. The number of nitrogens with zero attached hydrogens (tertiary/aromatic N) is 1. The quantitative estimate of drug-likeness (QED) is 0.745. The zero-order valence-corrected chi connectivity index (χ0v) is 15.2. The fourth-order valence-electron chi connectivity index (χ4n) is 1.39. The maximum atomic E-state index is 12.3. The van der Waals surface area contributed by atoms with Crippen LogP contribution in [0.5, 0.6) is 0 Å². The highest BCUT2D eigenvalue weighted by atomic mass is 32.2. The first kappa shape index (κ1) is 18.9. The molecule has 4 nitrogen and oxygen atoms in total. The molecule has 0 aliphatic rings. The van der Waals surface area contributed by atoms with Gasteiger partial charge in [-0.2, -0.15) is 0 Å². The van der Waals surface area contributed by atoms with Crippen LogP contribution in [-0.2, 0) is 0 Å². The van der Waals surface area contributed by atoms with Gasteiger partial charge in [0.15, 0.2) is 0 Å². The summed E-state index contributed by atoms with van der Waals surface area (Å²) in [5, 5.41) is 2.45. The fraction of sp³-hybridized carbons (Fsp3) is 0.500. The summed E-state index contributed by atoms with van der Waals surface area (Å²) in [6, 6.07) is 8.40. The summed E-state index contributed by atoms with van der Waals surface area (Å²) < 4.78 is 1.58. The number of rotatable bonds is 7. The normalized spacial score (nSPS) is 10.8. The maximum Gasteiger partial charge on any atom is 0.344 e. The first-order valence-electron chi connectivity index (χ1n) is 7.36. The zero-order chi connectivity index (χ0) is 16.5. The highest BCUT2D eigenvalue weighted by Crippen LogP contribution is 2.25.